The molecule has 0 aliphatic heterocycles. The number of hydrogen-bond acceptors (Lipinski definition) is 3. The van der Waals surface area contributed by atoms with Crippen molar-refractivity contribution in [1.29, 1.82) is 0 Å². The molecular weight excluding hydrogens is 335 g/mol. The molecule has 1 heterocycles. The van der Waals surface area contributed by atoms with E-state index in [-0.39, 0.29) is 11.9 Å². The zero-order chi connectivity index (χ0) is 16.8. The molecule has 1 amide bonds. The molecule has 4 nitrogen and oxygen atoms in total. The van der Waals surface area contributed by atoms with Crippen LogP contribution in [0.3, 0.4) is 0 Å². The van der Waals surface area contributed by atoms with Gasteiger partial charge in [-0.15, -0.1) is 0 Å². The first-order valence-electron chi connectivity index (χ1n) is 7.08. The summed E-state index contributed by atoms with van der Waals surface area (Å²) in [6.45, 7) is 0.442. The van der Waals surface area contributed by atoms with Crippen molar-refractivity contribution in [2.24, 2.45) is 0 Å². The van der Waals surface area contributed by atoms with Gasteiger partial charge in [-0.1, -0.05) is 29.3 Å². The Balaban J connectivity index is 1.95. The number of hydrogen-bond donors (Lipinski definition) is 1. The van der Waals surface area contributed by atoms with Gasteiger partial charge < -0.3 is 9.73 Å². The molecule has 1 N–H and O–H groups in total. The molecule has 2 aromatic rings. The van der Waals surface area contributed by atoms with Crippen LogP contribution in [0.15, 0.2) is 47.1 Å². The first-order chi connectivity index (χ1) is 11.0. The molecule has 0 saturated heterocycles. The van der Waals surface area contributed by atoms with Crippen LogP contribution in [-0.2, 0) is 4.79 Å². The molecule has 0 saturated carbocycles. The molecule has 0 aliphatic carbocycles. The minimum atomic E-state index is -0.200. The van der Waals surface area contributed by atoms with Crippen LogP contribution >= 0.6 is 23.2 Å². The summed E-state index contributed by atoms with van der Waals surface area (Å²) in [6.07, 6.45) is 4.73. The van der Waals surface area contributed by atoms with E-state index in [4.69, 9.17) is 27.6 Å². The van der Waals surface area contributed by atoms with Gasteiger partial charge in [0, 0.05) is 22.7 Å². The van der Waals surface area contributed by atoms with Crippen molar-refractivity contribution in [2.75, 3.05) is 20.6 Å². The van der Waals surface area contributed by atoms with Crippen molar-refractivity contribution < 1.29 is 9.21 Å². The highest BCUT2D eigenvalue weighted by Crippen LogP contribution is 2.22. The summed E-state index contributed by atoms with van der Waals surface area (Å²) < 4.78 is 5.40. The van der Waals surface area contributed by atoms with Crippen LogP contribution in [0.25, 0.3) is 6.08 Å². The van der Waals surface area contributed by atoms with Gasteiger partial charge in [0.05, 0.1) is 12.3 Å². The standard InChI is InChI=1S/C17H18Cl2N2O2/c1-21(2)15(16-4-3-9-23-16)11-20-17(22)8-6-12-5-7-13(18)10-14(12)19/h3-10,15H,11H2,1-2H3,(H,20,22)/b8-6+. The fraction of sp³-hybridized carbons (Fsp3) is 0.235. The second-order valence-corrected chi connectivity index (χ2v) is 6.08. The van der Waals surface area contributed by atoms with Gasteiger partial charge in [0.25, 0.3) is 0 Å². The van der Waals surface area contributed by atoms with Gasteiger partial charge >= 0.3 is 0 Å². The minimum Gasteiger partial charge on any atom is -0.468 e. The van der Waals surface area contributed by atoms with E-state index in [1.165, 1.54) is 6.08 Å². The normalized spacial score (nSPS) is 12.7. The minimum absolute atomic E-state index is 0.0264. The molecule has 122 valence electrons. The predicted molar refractivity (Wildman–Crippen MR) is 93.6 cm³/mol. The highest BCUT2D eigenvalue weighted by Gasteiger charge is 2.17. The summed E-state index contributed by atoms with van der Waals surface area (Å²) in [4.78, 5) is 14.0. The Kier molecular flexibility index (Phi) is 6.28. The van der Waals surface area contributed by atoms with E-state index < -0.39 is 0 Å². The fourth-order valence-corrected chi connectivity index (χ4v) is 2.55. The van der Waals surface area contributed by atoms with Crippen LogP contribution in [0.2, 0.25) is 10.0 Å². The number of furan rings is 1. The average Bonchev–Trinajstić information content (AvgIpc) is 3.00. The van der Waals surface area contributed by atoms with Crippen molar-refractivity contribution in [3.05, 3.63) is 64.0 Å². The number of amides is 1. The maximum atomic E-state index is 12.0. The highest BCUT2D eigenvalue weighted by molar-refractivity contribution is 6.35. The average molecular weight is 353 g/mol. The monoisotopic (exact) mass is 352 g/mol. The second kappa shape index (κ2) is 8.20. The summed E-state index contributed by atoms with van der Waals surface area (Å²) in [5.74, 6) is 0.606. The summed E-state index contributed by atoms with van der Waals surface area (Å²) in [6, 6.07) is 8.82. The second-order valence-electron chi connectivity index (χ2n) is 5.24. The lowest BCUT2D eigenvalue weighted by Crippen LogP contribution is -2.33. The van der Waals surface area contributed by atoms with Crippen molar-refractivity contribution in [3.8, 4) is 0 Å². The zero-order valence-electron chi connectivity index (χ0n) is 12.9. The predicted octanol–water partition coefficient (Wildman–Crippen LogP) is 4.02. The van der Waals surface area contributed by atoms with Crippen LogP contribution in [-0.4, -0.2) is 31.4 Å². The van der Waals surface area contributed by atoms with Gasteiger partial charge in [0.1, 0.15) is 5.76 Å². The SMILES string of the molecule is CN(C)C(CNC(=O)/C=C/c1ccc(Cl)cc1Cl)c1ccco1. The van der Waals surface area contributed by atoms with E-state index >= 15 is 0 Å². The van der Waals surface area contributed by atoms with Gasteiger partial charge in [-0.25, -0.2) is 0 Å². The lowest BCUT2D eigenvalue weighted by Gasteiger charge is -2.22. The Morgan fingerprint density at radius 2 is 2.13 bits per heavy atom. The third-order valence-electron chi connectivity index (χ3n) is 3.34. The summed E-state index contributed by atoms with van der Waals surface area (Å²) >= 11 is 11.9. The maximum absolute atomic E-state index is 12.0. The van der Waals surface area contributed by atoms with Gasteiger partial charge in [-0.2, -0.15) is 0 Å². The third-order valence-corrected chi connectivity index (χ3v) is 3.90. The largest absolute Gasteiger partial charge is 0.468 e. The van der Waals surface area contributed by atoms with Crippen LogP contribution in [0.1, 0.15) is 17.4 Å². The molecular formula is C17H18Cl2N2O2. The van der Waals surface area contributed by atoms with Crippen molar-refractivity contribution >= 4 is 35.2 Å². The van der Waals surface area contributed by atoms with Crippen LogP contribution in [0.4, 0.5) is 0 Å². The summed E-state index contributed by atoms with van der Waals surface area (Å²) in [7, 11) is 3.87. The first-order valence-corrected chi connectivity index (χ1v) is 7.84. The molecule has 0 radical (unpaired) electrons. The van der Waals surface area contributed by atoms with Crippen LogP contribution in [0, 0.1) is 0 Å². The number of halogens is 2. The molecule has 23 heavy (non-hydrogen) atoms. The molecule has 0 bridgehead atoms. The van der Waals surface area contributed by atoms with E-state index in [1.807, 2.05) is 31.1 Å². The number of likely N-dealkylation sites (N-methyl/N-ethyl adjacent to an activating group) is 1. The molecule has 2 rings (SSSR count). The highest BCUT2D eigenvalue weighted by atomic mass is 35.5. The quantitative estimate of drug-likeness (QED) is 0.798. The number of nitrogens with one attached hydrogen (secondary N) is 1. The number of benzene rings is 1. The summed E-state index contributed by atoms with van der Waals surface area (Å²) in [5, 5.41) is 3.92. The zero-order valence-corrected chi connectivity index (χ0v) is 14.4. The lowest BCUT2D eigenvalue weighted by atomic mass is 10.2. The molecule has 6 heteroatoms. The van der Waals surface area contributed by atoms with Gasteiger partial charge in [0.15, 0.2) is 0 Å². The maximum Gasteiger partial charge on any atom is 0.244 e. The first kappa shape index (κ1) is 17.6. The number of nitrogens with zero attached hydrogens (tertiary/aromatic N) is 1. The van der Waals surface area contributed by atoms with Gasteiger partial charge in [-0.3, -0.25) is 9.69 Å². The van der Waals surface area contributed by atoms with Gasteiger partial charge in [-0.05, 0) is 50.0 Å². The number of carbonyl (C=O) groups excluding carboxylic acids is 1. The molecule has 1 aromatic heterocycles. The Morgan fingerprint density at radius 1 is 1.35 bits per heavy atom. The van der Waals surface area contributed by atoms with E-state index in [0.717, 1.165) is 11.3 Å². The van der Waals surface area contributed by atoms with E-state index in [2.05, 4.69) is 5.32 Å². The number of rotatable bonds is 6. The Bertz CT molecular complexity index is 682. The number of carbonyl (C=O) groups is 1. The Hall–Kier alpha value is -1.75. The molecule has 0 fully saturated rings. The van der Waals surface area contributed by atoms with E-state index in [1.54, 1.807) is 30.5 Å². The van der Waals surface area contributed by atoms with Crippen molar-refractivity contribution in [3.63, 3.8) is 0 Å². The lowest BCUT2D eigenvalue weighted by molar-refractivity contribution is -0.116. The molecule has 0 aliphatic rings. The van der Waals surface area contributed by atoms with Crippen LogP contribution in [0.5, 0.6) is 0 Å². The van der Waals surface area contributed by atoms with Crippen LogP contribution < -0.4 is 5.32 Å². The van der Waals surface area contributed by atoms with Gasteiger partial charge in [0.2, 0.25) is 5.91 Å². The van der Waals surface area contributed by atoms with E-state index in [9.17, 15) is 4.79 Å². The van der Waals surface area contributed by atoms with Crippen molar-refractivity contribution in [1.82, 2.24) is 10.2 Å². The topological polar surface area (TPSA) is 45.5 Å². The molecule has 0 spiro atoms. The van der Waals surface area contributed by atoms with Crippen molar-refractivity contribution in [2.45, 2.75) is 6.04 Å². The Labute approximate surface area is 145 Å². The molecule has 1 atom stereocenters. The summed E-state index contributed by atoms with van der Waals surface area (Å²) in [5.41, 5.74) is 0.737. The molecule has 1 unspecified atom stereocenters. The Morgan fingerprint density at radius 3 is 2.74 bits per heavy atom. The van der Waals surface area contributed by atoms with E-state index in [0.29, 0.717) is 16.6 Å². The third kappa shape index (κ3) is 5.13. The molecule has 1 aromatic carbocycles. The smallest absolute Gasteiger partial charge is 0.244 e. The fourth-order valence-electron chi connectivity index (χ4n) is 2.08.